The molecule has 2 aromatic rings. The van der Waals surface area contributed by atoms with Gasteiger partial charge in [-0.25, -0.2) is 0 Å². The first-order chi connectivity index (χ1) is 11.9. The van der Waals surface area contributed by atoms with Gasteiger partial charge in [0, 0.05) is 0 Å². The normalized spacial score (nSPS) is 10.9. The van der Waals surface area contributed by atoms with Crippen LogP contribution < -0.4 is 15.2 Å². The third kappa shape index (κ3) is 5.18. The van der Waals surface area contributed by atoms with Crippen molar-refractivity contribution in [2.24, 2.45) is 5.73 Å². The van der Waals surface area contributed by atoms with Crippen molar-refractivity contribution in [3.8, 4) is 17.6 Å². The number of nitrogens with two attached hydrogens (primary N) is 1. The van der Waals surface area contributed by atoms with Crippen LogP contribution in [0, 0.1) is 21.8 Å². The van der Waals surface area contributed by atoms with Crippen LogP contribution in [0.3, 0.4) is 0 Å². The molecular formula is C19H17IN2O2S. The van der Waals surface area contributed by atoms with E-state index in [0.29, 0.717) is 18.1 Å². The lowest BCUT2D eigenvalue weighted by Gasteiger charge is -2.14. The number of halogens is 1. The lowest BCUT2D eigenvalue weighted by Crippen LogP contribution is -2.09. The number of rotatable bonds is 6. The number of hydrogen-bond acceptors (Lipinski definition) is 4. The van der Waals surface area contributed by atoms with Gasteiger partial charge in [0.2, 0.25) is 0 Å². The van der Waals surface area contributed by atoms with Crippen molar-refractivity contribution < 1.29 is 9.47 Å². The molecule has 0 spiro atoms. The zero-order valence-electron chi connectivity index (χ0n) is 13.9. The summed E-state index contributed by atoms with van der Waals surface area (Å²) in [6.45, 7) is 2.49. The molecule has 6 heteroatoms. The molecule has 0 aliphatic heterocycles. The molecule has 0 aliphatic carbocycles. The van der Waals surface area contributed by atoms with E-state index in [1.54, 1.807) is 19.3 Å². The van der Waals surface area contributed by atoms with Crippen molar-refractivity contribution in [1.82, 2.24) is 0 Å². The summed E-state index contributed by atoms with van der Waals surface area (Å²) in [5, 5.41) is 9.09. The van der Waals surface area contributed by atoms with E-state index < -0.39 is 0 Å². The molecule has 2 rings (SSSR count). The minimum absolute atomic E-state index is 0.0659. The predicted octanol–water partition coefficient (Wildman–Crippen LogP) is 4.38. The summed E-state index contributed by atoms with van der Waals surface area (Å²) in [7, 11) is 1.58. The maximum absolute atomic E-state index is 9.09. The van der Waals surface area contributed by atoms with Crippen LogP contribution in [-0.2, 0) is 6.61 Å². The molecule has 4 nitrogen and oxygen atoms in total. The largest absolute Gasteiger partial charge is 0.493 e. The van der Waals surface area contributed by atoms with Gasteiger partial charge in [0.1, 0.15) is 17.7 Å². The van der Waals surface area contributed by atoms with Crippen LogP contribution in [0.1, 0.15) is 16.7 Å². The molecule has 2 N–H and O–H groups in total. The summed E-state index contributed by atoms with van der Waals surface area (Å²) >= 11 is 7.05. The number of thiocarbonyl (C=S) groups is 1. The first-order valence-electron chi connectivity index (χ1n) is 7.42. The third-order valence-corrected chi connectivity index (χ3v) is 4.47. The maximum Gasteiger partial charge on any atom is 0.174 e. The molecule has 0 aromatic heterocycles. The molecule has 0 heterocycles. The first-order valence-corrected chi connectivity index (χ1v) is 8.90. The fourth-order valence-electron chi connectivity index (χ4n) is 2.13. The molecule has 0 saturated heterocycles. The SMILES string of the molecule is COc1cc(/C=C(/C#N)C(N)=S)cc(I)c1OCc1ccc(C)cc1. The van der Waals surface area contributed by atoms with Crippen LogP contribution in [0.15, 0.2) is 42.0 Å². The number of hydrogen-bond donors (Lipinski definition) is 1. The highest BCUT2D eigenvalue weighted by molar-refractivity contribution is 14.1. The van der Waals surface area contributed by atoms with Crippen LogP contribution in [0.2, 0.25) is 0 Å². The topological polar surface area (TPSA) is 68.3 Å². The van der Waals surface area contributed by atoms with E-state index in [1.165, 1.54) is 5.56 Å². The average molecular weight is 464 g/mol. The molecule has 25 heavy (non-hydrogen) atoms. The Bertz CT molecular complexity index is 855. The van der Waals surface area contributed by atoms with E-state index in [-0.39, 0.29) is 10.6 Å². The van der Waals surface area contributed by atoms with Crippen molar-refractivity contribution >= 4 is 45.9 Å². The molecular weight excluding hydrogens is 447 g/mol. The second-order valence-corrected chi connectivity index (χ2v) is 6.94. The van der Waals surface area contributed by atoms with Gasteiger partial charge in [-0.05, 0) is 58.9 Å². The van der Waals surface area contributed by atoms with Crippen molar-refractivity contribution in [3.63, 3.8) is 0 Å². The number of nitriles is 1. The fraction of sp³-hybridized carbons (Fsp3) is 0.158. The average Bonchev–Trinajstić information content (AvgIpc) is 2.59. The maximum atomic E-state index is 9.09. The molecule has 0 radical (unpaired) electrons. The van der Waals surface area contributed by atoms with Gasteiger partial charge >= 0.3 is 0 Å². The van der Waals surface area contributed by atoms with Crippen LogP contribution in [0.25, 0.3) is 6.08 Å². The highest BCUT2D eigenvalue weighted by atomic mass is 127. The summed E-state index contributed by atoms with van der Waals surface area (Å²) in [4.78, 5) is 0.0659. The molecule has 0 saturated carbocycles. The van der Waals surface area contributed by atoms with E-state index >= 15 is 0 Å². The number of nitrogens with zero attached hydrogens (tertiary/aromatic N) is 1. The summed E-state index contributed by atoms with van der Waals surface area (Å²) in [6.07, 6.45) is 1.64. The molecule has 128 valence electrons. The van der Waals surface area contributed by atoms with Gasteiger partial charge in [0.15, 0.2) is 11.5 Å². The van der Waals surface area contributed by atoms with Crippen LogP contribution in [0.4, 0.5) is 0 Å². The van der Waals surface area contributed by atoms with Gasteiger partial charge in [-0.3, -0.25) is 0 Å². The summed E-state index contributed by atoms with van der Waals surface area (Å²) in [5.74, 6) is 1.25. The Balaban J connectivity index is 2.29. The number of ether oxygens (including phenoxy) is 2. The first kappa shape index (κ1) is 19.2. The monoisotopic (exact) mass is 464 g/mol. The van der Waals surface area contributed by atoms with Crippen molar-refractivity contribution in [2.75, 3.05) is 7.11 Å². The fourth-order valence-corrected chi connectivity index (χ4v) is 3.01. The quantitative estimate of drug-likeness (QED) is 0.298. The number of methoxy groups -OCH3 is 1. The standard InChI is InChI=1S/C19H17IN2O2S/c1-12-3-5-13(6-4-12)11-24-18-16(20)8-14(9-17(18)23-2)7-15(10-21)19(22)25/h3-9H,11H2,1-2H3,(H2,22,25)/b15-7-. The smallest absolute Gasteiger partial charge is 0.174 e. The third-order valence-electron chi connectivity index (χ3n) is 3.45. The van der Waals surface area contributed by atoms with Gasteiger partial charge in [-0.15, -0.1) is 0 Å². The number of benzene rings is 2. The summed E-state index contributed by atoms with van der Waals surface area (Å²) in [6, 6.07) is 13.8. The highest BCUT2D eigenvalue weighted by Crippen LogP contribution is 2.35. The van der Waals surface area contributed by atoms with Crippen molar-refractivity contribution in [3.05, 3.63) is 62.2 Å². The van der Waals surface area contributed by atoms with Crippen LogP contribution >= 0.6 is 34.8 Å². The van der Waals surface area contributed by atoms with Crippen molar-refractivity contribution in [1.29, 1.82) is 5.26 Å². The minimum atomic E-state index is 0.0659. The zero-order valence-corrected chi connectivity index (χ0v) is 16.8. The molecule has 0 fully saturated rings. The molecule has 2 aromatic carbocycles. The van der Waals surface area contributed by atoms with Gasteiger partial charge in [0.05, 0.1) is 16.3 Å². The van der Waals surface area contributed by atoms with E-state index in [9.17, 15) is 0 Å². The molecule has 0 amide bonds. The van der Waals surface area contributed by atoms with Gasteiger partial charge in [-0.1, -0.05) is 42.0 Å². The van der Waals surface area contributed by atoms with E-state index in [0.717, 1.165) is 14.7 Å². The predicted molar refractivity (Wildman–Crippen MR) is 112 cm³/mol. The summed E-state index contributed by atoms with van der Waals surface area (Å²) in [5.41, 5.74) is 8.84. The minimum Gasteiger partial charge on any atom is -0.493 e. The molecule has 0 atom stereocenters. The Labute approximate surface area is 166 Å². The van der Waals surface area contributed by atoms with Crippen molar-refractivity contribution in [2.45, 2.75) is 13.5 Å². The Morgan fingerprint density at radius 1 is 1.32 bits per heavy atom. The van der Waals surface area contributed by atoms with Crippen LogP contribution in [-0.4, -0.2) is 12.1 Å². The highest BCUT2D eigenvalue weighted by Gasteiger charge is 2.12. The Kier molecular flexibility index (Phi) is 6.79. The van der Waals surface area contributed by atoms with E-state index in [2.05, 4.69) is 22.6 Å². The van der Waals surface area contributed by atoms with Gasteiger partial charge in [0.25, 0.3) is 0 Å². The Morgan fingerprint density at radius 3 is 2.56 bits per heavy atom. The second-order valence-electron chi connectivity index (χ2n) is 5.34. The molecule has 0 unspecified atom stereocenters. The van der Waals surface area contributed by atoms with E-state index in [4.69, 9.17) is 32.7 Å². The van der Waals surface area contributed by atoms with Gasteiger partial charge in [-0.2, -0.15) is 5.26 Å². The lowest BCUT2D eigenvalue weighted by atomic mass is 10.1. The van der Waals surface area contributed by atoms with E-state index in [1.807, 2.05) is 43.3 Å². The Hall–Kier alpha value is -2.11. The lowest BCUT2D eigenvalue weighted by molar-refractivity contribution is 0.282. The van der Waals surface area contributed by atoms with Gasteiger partial charge < -0.3 is 15.2 Å². The molecule has 0 bridgehead atoms. The second kappa shape index (κ2) is 8.83. The van der Waals surface area contributed by atoms with Crippen LogP contribution in [0.5, 0.6) is 11.5 Å². The molecule has 0 aliphatic rings. The summed E-state index contributed by atoms with van der Waals surface area (Å²) < 4.78 is 12.3. The Morgan fingerprint density at radius 2 is 2.00 bits per heavy atom. The number of aryl methyl sites for hydroxylation is 1. The zero-order chi connectivity index (χ0) is 18.4.